The van der Waals surface area contributed by atoms with Crippen molar-refractivity contribution in [3.8, 4) is 0 Å². The van der Waals surface area contributed by atoms with Crippen LogP contribution in [0, 0.1) is 5.82 Å². The molecule has 0 spiro atoms. The van der Waals surface area contributed by atoms with Crippen LogP contribution >= 0.6 is 23.4 Å². The molecule has 4 heteroatoms. The molecule has 0 bridgehead atoms. The maximum atomic E-state index is 13.6. The fourth-order valence-electron chi connectivity index (χ4n) is 1.65. The number of halogens is 2. The molecule has 0 aliphatic carbocycles. The summed E-state index contributed by atoms with van der Waals surface area (Å²) in [6.07, 6.45) is 0. The van der Waals surface area contributed by atoms with Crippen LogP contribution in [0.3, 0.4) is 0 Å². The third kappa shape index (κ3) is 3.25. The number of rotatable bonds is 4. The molecule has 94 valence electrons. The van der Waals surface area contributed by atoms with Crippen molar-refractivity contribution < 1.29 is 4.39 Å². The molecule has 0 fully saturated rings. The number of nitrogens with two attached hydrogens (primary N) is 1. The van der Waals surface area contributed by atoms with Gasteiger partial charge < -0.3 is 5.73 Å². The first-order chi connectivity index (χ1) is 8.70. The SMILES string of the molecule is NCC(Sc1ccccc1F)c1cccc(Cl)c1. The lowest BCUT2D eigenvalue weighted by molar-refractivity contribution is 0.601. The summed E-state index contributed by atoms with van der Waals surface area (Å²) in [5, 5.41) is 0.667. The van der Waals surface area contributed by atoms with Crippen LogP contribution in [0.25, 0.3) is 0 Å². The summed E-state index contributed by atoms with van der Waals surface area (Å²) in [6.45, 7) is 0.430. The van der Waals surface area contributed by atoms with Crippen LogP contribution in [0.2, 0.25) is 5.02 Å². The van der Waals surface area contributed by atoms with Crippen molar-refractivity contribution in [3.63, 3.8) is 0 Å². The quantitative estimate of drug-likeness (QED) is 0.847. The Morgan fingerprint density at radius 1 is 1.17 bits per heavy atom. The first-order valence-corrected chi connectivity index (χ1v) is 6.83. The Morgan fingerprint density at radius 2 is 1.94 bits per heavy atom. The van der Waals surface area contributed by atoms with E-state index in [0.29, 0.717) is 16.5 Å². The summed E-state index contributed by atoms with van der Waals surface area (Å²) in [6, 6.07) is 14.2. The molecule has 0 aromatic heterocycles. The maximum Gasteiger partial charge on any atom is 0.136 e. The smallest absolute Gasteiger partial charge is 0.136 e. The van der Waals surface area contributed by atoms with Crippen LogP contribution in [-0.4, -0.2) is 6.54 Å². The Kier molecular flexibility index (Phi) is 4.64. The third-order valence-corrected chi connectivity index (χ3v) is 4.11. The Labute approximate surface area is 115 Å². The van der Waals surface area contributed by atoms with Crippen LogP contribution in [0.15, 0.2) is 53.4 Å². The zero-order valence-corrected chi connectivity index (χ0v) is 11.2. The molecule has 1 nitrogen and oxygen atoms in total. The van der Waals surface area contributed by atoms with Crippen LogP contribution < -0.4 is 5.73 Å². The van der Waals surface area contributed by atoms with Gasteiger partial charge in [0.1, 0.15) is 5.82 Å². The van der Waals surface area contributed by atoms with E-state index in [4.69, 9.17) is 17.3 Å². The van der Waals surface area contributed by atoms with E-state index in [0.717, 1.165) is 5.56 Å². The number of benzene rings is 2. The van der Waals surface area contributed by atoms with E-state index < -0.39 is 0 Å². The van der Waals surface area contributed by atoms with Crippen molar-refractivity contribution in [1.29, 1.82) is 0 Å². The van der Waals surface area contributed by atoms with E-state index in [9.17, 15) is 4.39 Å². The van der Waals surface area contributed by atoms with Gasteiger partial charge in [-0.25, -0.2) is 4.39 Å². The average Bonchev–Trinajstić information content (AvgIpc) is 2.38. The lowest BCUT2D eigenvalue weighted by Crippen LogP contribution is -2.09. The van der Waals surface area contributed by atoms with Gasteiger partial charge in [0, 0.05) is 21.7 Å². The van der Waals surface area contributed by atoms with Crippen LogP contribution in [0.1, 0.15) is 10.8 Å². The van der Waals surface area contributed by atoms with Gasteiger partial charge in [-0.05, 0) is 29.8 Å². The molecule has 2 N–H and O–H groups in total. The second-order valence-electron chi connectivity index (χ2n) is 3.83. The summed E-state index contributed by atoms with van der Waals surface area (Å²) in [7, 11) is 0. The molecular weight excluding hydrogens is 269 g/mol. The predicted molar refractivity (Wildman–Crippen MR) is 75.5 cm³/mol. The highest BCUT2D eigenvalue weighted by molar-refractivity contribution is 7.99. The Bertz CT molecular complexity index is 533. The van der Waals surface area contributed by atoms with Crippen molar-refractivity contribution in [2.45, 2.75) is 10.1 Å². The zero-order chi connectivity index (χ0) is 13.0. The first-order valence-electron chi connectivity index (χ1n) is 5.57. The van der Waals surface area contributed by atoms with Gasteiger partial charge in [-0.15, -0.1) is 11.8 Å². The first kappa shape index (κ1) is 13.4. The summed E-state index contributed by atoms with van der Waals surface area (Å²) in [4.78, 5) is 0.605. The second-order valence-corrected chi connectivity index (χ2v) is 5.51. The molecule has 1 unspecified atom stereocenters. The lowest BCUT2D eigenvalue weighted by atomic mass is 10.1. The molecule has 18 heavy (non-hydrogen) atoms. The number of hydrogen-bond acceptors (Lipinski definition) is 2. The molecule has 2 aromatic rings. The van der Waals surface area contributed by atoms with Gasteiger partial charge >= 0.3 is 0 Å². The Morgan fingerprint density at radius 3 is 2.61 bits per heavy atom. The van der Waals surface area contributed by atoms with E-state index in [2.05, 4.69) is 0 Å². The van der Waals surface area contributed by atoms with Gasteiger partial charge in [0.05, 0.1) is 0 Å². The molecule has 0 aliphatic heterocycles. The lowest BCUT2D eigenvalue weighted by Gasteiger charge is -2.15. The molecule has 0 radical (unpaired) electrons. The third-order valence-electron chi connectivity index (χ3n) is 2.54. The molecule has 0 amide bonds. The molecular formula is C14H13ClFNS. The van der Waals surface area contributed by atoms with Gasteiger partial charge in [0.2, 0.25) is 0 Å². The minimum Gasteiger partial charge on any atom is -0.329 e. The Balaban J connectivity index is 2.23. The largest absolute Gasteiger partial charge is 0.329 e. The summed E-state index contributed by atoms with van der Waals surface area (Å²) in [5.41, 5.74) is 6.78. The van der Waals surface area contributed by atoms with Gasteiger partial charge in [-0.2, -0.15) is 0 Å². The number of thioether (sulfide) groups is 1. The number of hydrogen-bond donors (Lipinski definition) is 1. The fraction of sp³-hybridized carbons (Fsp3) is 0.143. The molecule has 2 rings (SSSR count). The van der Waals surface area contributed by atoms with Gasteiger partial charge in [0.15, 0.2) is 0 Å². The monoisotopic (exact) mass is 281 g/mol. The van der Waals surface area contributed by atoms with E-state index in [-0.39, 0.29) is 11.1 Å². The van der Waals surface area contributed by atoms with Crippen molar-refractivity contribution in [2.75, 3.05) is 6.54 Å². The average molecular weight is 282 g/mol. The second kappa shape index (κ2) is 6.23. The van der Waals surface area contributed by atoms with Crippen LogP contribution in [-0.2, 0) is 0 Å². The van der Waals surface area contributed by atoms with Gasteiger partial charge in [0.25, 0.3) is 0 Å². The van der Waals surface area contributed by atoms with E-state index in [1.165, 1.54) is 17.8 Å². The van der Waals surface area contributed by atoms with Crippen molar-refractivity contribution in [2.24, 2.45) is 5.73 Å². The Hall–Kier alpha value is -1.03. The summed E-state index contributed by atoms with van der Waals surface area (Å²) in [5.74, 6) is -0.219. The minimum absolute atomic E-state index is 0.000556. The van der Waals surface area contributed by atoms with Crippen LogP contribution in [0.4, 0.5) is 4.39 Å². The minimum atomic E-state index is -0.219. The highest BCUT2D eigenvalue weighted by atomic mass is 35.5. The van der Waals surface area contributed by atoms with E-state index in [1.54, 1.807) is 12.1 Å². The molecule has 0 saturated carbocycles. The van der Waals surface area contributed by atoms with Crippen molar-refractivity contribution in [1.82, 2.24) is 0 Å². The zero-order valence-electron chi connectivity index (χ0n) is 9.64. The summed E-state index contributed by atoms with van der Waals surface area (Å²) >= 11 is 7.37. The van der Waals surface area contributed by atoms with Crippen LogP contribution in [0.5, 0.6) is 0 Å². The van der Waals surface area contributed by atoms with Crippen molar-refractivity contribution >= 4 is 23.4 Å². The van der Waals surface area contributed by atoms with Gasteiger partial charge in [-0.1, -0.05) is 35.9 Å². The molecule has 0 saturated heterocycles. The van der Waals surface area contributed by atoms with E-state index >= 15 is 0 Å². The molecule has 2 aromatic carbocycles. The van der Waals surface area contributed by atoms with Gasteiger partial charge in [-0.3, -0.25) is 0 Å². The predicted octanol–water partition coefficient (Wildman–Crippen LogP) is 4.27. The highest BCUT2D eigenvalue weighted by Gasteiger charge is 2.13. The fourth-order valence-corrected chi connectivity index (χ4v) is 2.87. The maximum absolute atomic E-state index is 13.6. The van der Waals surface area contributed by atoms with Crippen molar-refractivity contribution in [3.05, 3.63) is 64.9 Å². The van der Waals surface area contributed by atoms with E-state index in [1.807, 2.05) is 30.3 Å². The molecule has 0 heterocycles. The topological polar surface area (TPSA) is 26.0 Å². The molecule has 0 aliphatic rings. The molecule has 1 atom stereocenters. The standard InChI is InChI=1S/C14H13ClFNS/c15-11-5-3-4-10(8-11)14(9-17)18-13-7-2-1-6-12(13)16/h1-8,14H,9,17H2. The normalized spacial score (nSPS) is 12.4. The highest BCUT2D eigenvalue weighted by Crippen LogP contribution is 2.36. The summed E-state index contributed by atoms with van der Waals surface area (Å²) < 4.78 is 13.6.